The summed E-state index contributed by atoms with van der Waals surface area (Å²) < 4.78 is 40.8. The lowest BCUT2D eigenvalue weighted by Crippen LogP contribution is -2.12. The van der Waals surface area contributed by atoms with E-state index in [9.17, 15) is 13.2 Å². The van der Waals surface area contributed by atoms with Crippen molar-refractivity contribution in [3.05, 3.63) is 53.6 Å². The molecule has 0 aliphatic heterocycles. The second-order valence-corrected chi connectivity index (χ2v) is 4.50. The van der Waals surface area contributed by atoms with Crippen LogP contribution in [0.25, 0.3) is 16.7 Å². The van der Waals surface area contributed by atoms with Gasteiger partial charge in [-0.2, -0.15) is 13.2 Å². The maximum atomic E-state index is 13.2. The van der Waals surface area contributed by atoms with E-state index in [4.69, 9.17) is 5.11 Å². The highest BCUT2D eigenvalue weighted by Gasteiger charge is 2.34. The maximum Gasteiger partial charge on any atom is 0.418 e. The number of nitrogens with zero attached hydrogens (tertiary/aromatic N) is 3. The first-order valence-corrected chi connectivity index (χ1v) is 6.12. The van der Waals surface area contributed by atoms with E-state index in [1.807, 2.05) is 0 Å². The van der Waals surface area contributed by atoms with E-state index in [1.165, 1.54) is 12.1 Å². The number of para-hydroxylation sites is 1. The van der Waals surface area contributed by atoms with Crippen LogP contribution in [-0.2, 0) is 12.8 Å². The summed E-state index contributed by atoms with van der Waals surface area (Å²) in [4.78, 5) is 0. The molecule has 108 valence electrons. The Hall–Kier alpha value is -2.41. The van der Waals surface area contributed by atoms with Gasteiger partial charge in [0.25, 0.3) is 0 Å². The molecule has 0 aliphatic carbocycles. The van der Waals surface area contributed by atoms with Crippen LogP contribution in [-0.4, -0.2) is 20.1 Å². The van der Waals surface area contributed by atoms with Crippen LogP contribution in [0, 0.1) is 0 Å². The van der Waals surface area contributed by atoms with E-state index < -0.39 is 18.3 Å². The topological polar surface area (TPSA) is 50.9 Å². The fourth-order valence-electron chi connectivity index (χ4n) is 2.14. The standard InChI is InChI=1S/C14H10F3N3O/c15-14(16,17)10-7-9(8-21)5-6-12(10)20-13-4-2-1-3-11(13)18-19-20/h1-7,21H,8H2. The van der Waals surface area contributed by atoms with Crippen LogP contribution in [0.5, 0.6) is 0 Å². The molecule has 7 heteroatoms. The van der Waals surface area contributed by atoms with Crippen molar-refractivity contribution < 1.29 is 18.3 Å². The van der Waals surface area contributed by atoms with Gasteiger partial charge in [0.05, 0.1) is 23.4 Å². The van der Waals surface area contributed by atoms with Gasteiger partial charge in [-0.1, -0.05) is 23.4 Å². The third-order valence-electron chi connectivity index (χ3n) is 3.13. The maximum absolute atomic E-state index is 13.2. The van der Waals surface area contributed by atoms with Crippen molar-refractivity contribution >= 4 is 11.0 Å². The molecule has 0 atom stereocenters. The smallest absolute Gasteiger partial charge is 0.392 e. The van der Waals surface area contributed by atoms with E-state index in [0.717, 1.165) is 10.7 Å². The molecule has 3 rings (SSSR count). The molecule has 0 radical (unpaired) electrons. The zero-order chi connectivity index (χ0) is 15.0. The molecule has 3 aromatic rings. The highest BCUT2D eigenvalue weighted by Crippen LogP contribution is 2.35. The SMILES string of the molecule is OCc1ccc(-n2nnc3ccccc32)c(C(F)(F)F)c1. The van der Waals surface area contributed by atoms with Gasteiger partial charge in [0, 0.05) is 0 Å². The summed E-state index contributed by atoms with van der Waals surface area (Å²) >= 11 is 0. The molecule has 1 N–H and O–H groups in total. The number of hydrogen-bond acceptors (Lipinski definition) is 3. The van der Waals surface area contributed by atoms with Gasteiger partial charge in [0.15, 0.2) is 0 Å². The minimum absolute atomic E-state index is 0.117. The molecule has 0 bridgehead atoms. The van der Waals surface area contributed by atoms with Crippen LogP contribution >= 0.6 is 0 Å². The van der Waals surface area contributed by atoms with Crippen LogP contribution in [0.3, 0.4) is 0 Å². The molecular weight excluding hydrogens is 283 g/mol. The number of rotatable bonds is 2. The lowest BCUT2D eigenvalue weighted by molar-refractivity contribution is -0.137. The number of aromatic nitrogens is 3. The van der Waals surface area contributed by atoms with Crippen molar-refractivity contribution in [2.75, 3.05) is 0 Å². The highest BCUT2D eigenvalue weighted by atomic mass is 19.4. The predicted molar refractivity (Wildman–Crippen MR) is 69.8 cm³/mol. The molecule has 0 spiro atoms. The van der Waals surface area contributed by atoms with Crippen molar-refractivity contribution in [1.82, 2.24) is 15.0 Å². The summed E-state index contributed by atoms with van der Waals surface area (Å²) in [5.41, 5.74) is 0.213. The van der Waals surface area contributed by atoms with Crippen molar-refractivity contribution in [2.24, 2.45) is 0 Å². The first-order chi connectivity index (χ1) is 10.0. The number of aliphatic hydroxyl groups is 1. The normalized spacial score (nSPS) is 12.0. The largest absolute Gasteiger partial charge is 0.418 e. The average molecular weight is 293 g/mol. The third-order valence-corrected chi connectivity index (χ3v) is 3.13. The van der Waals surface area contributed by atoms with Gasteiger partial charge in [-0.05, 0) is 29.8 Å². The van der Waals surface area contributed by atoms with Crippen molar-refractivity contribution in [3.8, 4) is 5.69 Å². The Morgan fingerprint density at radius 1 is 1.10 bits per heavy atom. The quantitative estimate of drug-likeness (QED) is 0.790. The molecule has 2 aromatic carbocycles. The van der Waals surface area contributed by atoms with Crippen molar-refractivity contribution in [1.29, 1.82) is 0 Å². The molecular formula is C14H10F3N3O. The Kier molecular flexibility index (Phi) is 3.13. The third kappa shape index (κ3) is 2.36. The Labute approximate surface area is 117 Å². The number of hydrogen-bond donors (Lipinski definition) is 1. The Balaban J connectivity index is 2.27. The monoisotopic (exact) mass is 293 g/mol. The molecule has 0 saturated carbocycles. The summed E-state index contributed by atoms with van der Waals surface area (Å²) in [6.45, 7) is -0.457. The number of alkyl halides is 3. The van der Waals surface area contributed by atoms with Gasteiger partial charge in [-0.3, -0.25) is 0 Å². The van der Waals surface area contributed by atoms with E-state index in [0.29, 0.717) is 11.0 Å². The van der Waals surface area contributed by atoms with Crippen LogP contribution in [0.15, 0.2) is 42.5 Å². The summed E-state index contributed by atoms with van der Waals surface area (Å²) in [6.07, 6.45) is -4.55. The molecule has 0 saturated heterocycles. The zero-order valence-corrected chi connectivity index (χ0v) is 10.7. The summed E-state index contributed by atoms with van der Waals surface area (Å²) in [5, 5.41) is 16.7. The van der Waals surface area contributed by atoms with Gasteiger partial charge in [0.1, 0.15) is 5.52 Å². The predicted octanol–water partition coefficient (Wildman–Crippen LogP) is 2.93. The molecule has 0 amide bonds. The van der Waals surface area contributed by atoms with Gasteiger partial charge in [-0.25, -0.2) is 4.68 Å². The van der Waals surface area contributed by atoms with E-state index in [-0.39, 0.29) is 11.3 Å². The minimum atomic E-state index is -4.55. The second kappa shape index (κ2) is 4.85. The average Bonchev–Trinajstić information content (AvgIpc) is 2.89. The van der Waals surface area contributed by atoms with E-state index >= 15 is 0 Å². The number of aliphatic hydroxyl groups excluding tert-OH is 1. The lowest BCUT2D eigenvalue weighted by Gasteiger charge is -2.14. The molecule has 0 fully saturated rings. The van der Waals surface area contributed by atoms with Crippen molar-refractivity contribution in [2.45, 2.75) is 12.8 Å². The van der Waals surface area contributed by atoms with Crippen LogP contribution in [0.2, 0.25) is 0 Å². The van der Waals surface area contributed by atoms with Gasteiger partial charge < -0.3 is 5.11 Å². The minimum Gasteiger partial charge on any atom is -0.392 e. The number of fused-ring (bicyclic) bond motifs is 1. The van der Waals surface area contributed by atoms with Gasteiger partial charge >= 0.3 is 6.18 Å². The van der Waals surface area contributed by atoms with E-state index in [2.05, 4.69) is 10.3 Å². The fourth-order valence-corrected chi connectivity index (χ4v) is 2.14. The Morgan fingerprint density at radius 2 is 1.86 bits per heavy atom. The molecule has 1 heterocycles. The first kappa shape index (κ1) is 13.6. The molecule has 21 heavy (non-hydrogen) atoms. The highest BCUT2D eigenvalue weighted by molar-refractivity contribution is 5.76. The van der Waals surface area contributed by atoms with Crippen LogP contribution in [0.4, 0.5) is 13.2 Å². The molecule has 1 aromatic heterocycles. The van der Waals surface area contributed by atoms with Gasteiger partial charge in [0.2, 0.25) is 0 Å². The molecule has 4 nitrogen and oxygen atoms in total. The van der Waals surface area contributed by atoms with E-state index in [1.54, 1.807) is 24.3 Å². The Bertz CT molecular complexity index is 796. The van der Waals surface area contributed by atoms with Gasteiger partial charge in [-0.15, -0.1) is 5.10 Å². The zero-order valence-electron chi connectivity index (χ0n) is 10.7. The first-order valence-electron chi connectivity index (χ1n) is 6.12. The molecule has 0 aliphatic rings. The number of benzene rings is 2. The summed E-state index contributed by atoms with van der Waals surface area (Å²) in [5.74, 6) is 0. The summed E-state index contributed by atoms with van der Waals surface area (Å²) in [7, 11) is 0. The van der Waals surface area contributed by atoms with Crippen LogP contribution < -0.4 is 0 Å². The summed E-state index contributed by atoms with van der Waals surface area (Å²) in [6, 6.07) is 10.4. The molecule has 0 unspecified atom stereocenters. The lowest BCUT2D eigenvalue weighted by atomic mass is 10.1. The second-order valence-electron chi connectivity index (χ2n) is 4.50. The van der Waals surface area contributed by atoms with Crippen LogP contribution in [0.1, 0.15) is 11.1 Å². The number of halogens is 3. The Morgan fingerprint density at radius 3 is 2.57 bits per heavy atom. The van der Waals surface area contributed by atoms with Crippen molar-refractivity contribution in [3.63, 3.8) is 0 Å². The fraction of sp³-hybridized carbons (Fsp3) is 0.143.